The maximum absolute atomic E-state index is 11.7. The van der Waals surface area contributed by atoms with Gasteiger partial charge in [-0.2, -0.15) is 4.98 Å². The van der Waals surface area contributed by atoms with Gasteiger partial charge >= 0.3 is 11.7 Å². The van der Waals surface area contributed by atoms with Crippen LogP contribution < -0.4 is 17.2 Å². The maximum Gasteiger partial charge on any atom is 0.352 e. The molecule has 8 heteroatoms. The van der Waals surface area contributed by atoms with Crippen LogP contribution >= 0.6 is 0 Å². The van der Waals surface area contributed by atoms with Crippen LogP contribution in [0.1, 0.15) is 26.5 Å². The second-order valence-electron chi connectivity index (χ2n) is 5.40. The van der Waals surface area contributed by atoms with E-state index in [0.717, 1.165) is 0 Å². The van der Waals surface area contributed by atoms with Crippen molar-refractivity contribution in [2.75, 3.05) is 12.3 Å². The van der Waals surface area contributed by atoms with Crippen molar-refractivity contribution in [2.45, 2.75) is 32.5 Å². The lowest BCUT2D eigenvalue weighted by Gasteiger charge is -2.17. The minimum Gasteiger partial charge on any atom is -0.471 e. The van der Waals surface area contributed by atoms with Crippen LogP contribution in [-0.2, 0) is 14.3 Å². The SMILES string of the molecule is CC(C)[C@H](N)C(=O)OCC1=CC[C@@H](n2ccc(N)nc2=O)O1. The first-order valence-electron chi connectivity index (χ1n) is 7.01. The Hall–Kier alpha value is -2.35. The Kier molecular flexibility index (Phi) is 4.81. The summed E-state index contributed by atoms with van der Waals surface area (Å²) in [5.41, 5.74) is 10.6. The molecule has 4 N–H and O–H groups in total. The lowest BCUT2D eigenvalue weighted by Crippen LogP contribution is -2.37. The van der Waals surface area contributed by atoms with E-state index in [4.69, 9.17) is 20.9 Å². The zero-order valence-corrected chi connectivity index (χ0v) is 12.6. The average Bonchev–Trinajstić information content (AvgIpc) is 2.92. The molecule has 0 saturated carbocycles. The second kappa shape index (κ2) is 6.61. The van der Waals surface area contributed by atoms with E-state index in [1.54, 1.807) is 6.08 Å². The molecule has 1 aliphatic heterocycles. The molecule has 0 radical (unpaired) electrons. The van der Waals surface area contributed by atoms with E-state index in [-0.39, 0.29) is 18.3 Å². The van der Waals surface area contributed by atoms with Gasteiger partial charge in [0.2, 0.25) is 0 Å². The molecule has 2 heterocycles. The summed E-state index contributed by atoms with van der Waals surface area (Å²) in [6.07, 6.45) is 3.26. The number of nitrogen functional groups attached to an aromatic ring is 1. The molecule has 0 fully saturated rings. The van der Waals surface area contributed by atoms with Crippen LogP contribution in [0.5, 0.6) is 0 Å². The van der Waals surface area contributed by atoms with Crippen molar-refractivity contribution in [3.05, 3.63) is 34.6 Å². The molecular weight excluding hydrogens is 288 g/mol. The third kappa shape index (κ3) is 3.64. The van der Waals surface area contributed by atoms with Crippen LogP contribution in [-0.4, -0.2) is 28.2 Å². The molecule has 0 spiro atoms. The van der Waals surface area contributed by atoms with Gasteiger partial charge in [-0.05, 0) is 18.1 Å². The lowest BCUT2D eigenvalue weighted by molar-refractivity contribution is -0.146. The predicted octanol–water partition coefficient (Wildman–Crippen LogP) is 0.155. The van der Waals surface area contributed by atoms with Crippen molar-refractivity contribution >= 4 is 11.8 Å². The van der Waals surface area contributed by atoms with Gasteiger partial charge in [0.25, 0.3) is 0 Å². The first-order valence-corrected chi connectivity index (χ1v) is 7.01. The van der Waals surface area contributed by atoms with Crippen LogP contribution in [0.2, 0.25) is 0 Å². The molecule has 8 nitrogen and oxygen atoms in total. The van der Waals surface area contributed by atoms with E-state index in [1.807, 2.05) is 13.8 Å². The molecule has 1 aromatic rings. The number of anilines is 1. The van der Waals surface area contributed by atoms with Gasteiger partial charge in [0.15, 0.2) is 6.23 Å². The predicted molar refractivity (Wildman–Crippen MR) is 79.5 cm³/mol. The summed E-state index contributed by atoms with van der Waals surface area (Å²) < 4.78 is 12.0. The number of hydrogen-bond donors (Lipinski definition) is 2. The van der Waals surface area contributed by atoms with Crippen molar-refractivity contribution in [1.29, 1.82) is 0 Å². The molecule has 2 rings (SSSR count). The number of rotatable bonds is 5. The minimum absolute atomic E-state index is 0.00171. The normalized spacial score (nSPS) is 18.7. The van der Waals surface area contributed by atoms with E-state index < -0.39 is 23.9 Å². The smallest absolute Gasteiger partial charge is 0.352 e. The molecule has 22 heavy (non-hydrogen) atoms. The van der Waals surface area contributed by atoms with Crippen molar-refractivity contribution < 1.29 is 14.3 Å². The molecule has 120 valence electrons. The monoisotopic (exact) mass is 308 g/mol. The van der Waals surface area contributed by atoms with Crippen LogP contribution in [0.4, 0.5) is 5.82 Å². The summed E-state index contributed by atoms with van der Waals surface area (Å²) >= 11 is 0. The Morgan fingerprint density at radius 1 is 1.59 bits per heavy atom. The van der Waals surface area contributed by atoms with E-state index in [0.29, 0.717) is 12.2 Å². The van der Waals surface area contributed by atoms with Crippen LogP contribution in [0.25, 0.3) is 0 Å². The largest absolute Gasteiger partial charge is 0.471 e. The third-order valence-electron chi connectivity index (χ3n) is 3.34. The number of esters is 1. The first kappa shape index (κ1) is 16.0. The van der Waals surface area contributed by atoms with Gasteiger partial charge < -0.3 is 20.9 Å². The summed E-state index contributed by atoms with van der Waals surface area (Å²) in [5.74, 6) is 0.162. The van der Waals surface area contributed by atoms with E-state index in [2.05, 4.69) is 4.98 Å². The highest BCUT2D eigenvalue weighted by atomic mass is 16.6. The number of hydrogen-bond acceptors (Lipinski definition) is 7. The second-order valence-corrected chi connectivity index (χ2v) is 5.40. The summed E-state index contributed by atoms with van der Waals surface area (Å²) in [6, 6.07) is 0.853. The standard InChI is InChI=1S/C14H20N4O4/c1-8(2)12(16)13(19)21-7-9-3-4-11(22-9)18-6-5-10(15)17-14(18)20/h3,5-6,8,11-12H,4,7,16H2,1-2H3,(H2,15,17,20)/t11-,12-/m0/s1. The van der Waals surface area contributed by atoms with Crippen molar-refractivity contribution in [3.8, 4) is 0 Å². The first-order chi connectivity index (χ1) is 10.4. The van der Waals surface area contributed by atoms with Crippen molar-refractivity contribution in [2.24, 2.45) is 11.7 Å². The van der Waals surface area contributed by atoms with Gasteiger partial charge in [-0.15, -0.1) is 0 Å². The molecule has 0 saturated heterocycles. The number of ether oxygens (including phenoxy) is 2. The molecule has 0 amide bonds. The van der Waals surface area contributed by atoms with Gasteiger partial charge in [0, 0.05) is 12.6 Å². The summed E-state index contributed by atoms with van der Waals surface area (Å²) in [4.78, 5) is 27.0. The molecule has 0 aromatic carbocycles. The van der Waals surface area contributed by atoms with Crippen LogP contribution in [0.3, 0.4) is 0 Å². The Morgan fingerprint density at radius 2 is 2.32 bits per heavy atom. The van der Waals surface area contributed by atoms with Gasteiger partial charge in [0.1, 0.15) is 24.2 Å². The Labute approximate surface area is 127 Å². The summed E-state index contributed by atoms with van der Waals surface area (Å²) in [7, 11) is 0. The molecule has 1 aromatic heterocycles. The number of carbonyl (C=O) groups excluding carboxylic acids is 1. The highest BCUT2D eigenvalue weighted by Crippen LogP contribution is 2.25. The average molecular weight is 308 g/mol. The zero-order chi connectivity index (χ0) is 16.3. The Morgan fingerprint density at radius 3 is 2.95 bits per heavy atom. The van der Waals surface area contributed by atoms with Gasteiger partial charge in [-0.25, -0.2) is 4.79 Å². The molecule has 1 aliphatic rings. The zero-order valence-electron chi connectivity index (χ0n) is 12.6. The minimum atomic E-state index is -0.665. The van der Waals surface area contributed by atoms with E-state index in [9.17, 15) is 9.59 Å². The van der Waals surface area contributed by atoms with Gasteiger partial charge in [-0.1, -0.05) is 13.8 Å². The molecule has 0 unspecified atom stereocenters. The molecule has 0 bridgehead atoms. The van der Waals surface area contributed by atoms with Crippen LogP contribution in [0.15, 0.2) is 28.9 Å². The van der Waals surface area contributed by atoms with Gasteiger partial charge in [-0.3, -0.25) is 9.36 Å². The highest BCUT2D eigenvalue weighted by Gasteiger charge is 2.24. The summed E-state index contributed by atoms with van der Waals surface area (Å²) in [5, 5.41) is 0. The Bertz CT molecular complexity index is 638. The fourth-order valence-electron chi connectivity index (χ4n) is 1.92. The summed E-state index contributed by atoms with van der Waals surface area (Å²) in [6.45, 7) is 3.68. The molecule has 2 atom stereocenters. The van der Waals surface area contributed by atoms with Crippen molar-refractivity contribution in [1.82, 2.24) is 9.55 Å². The number of carbonyl (C=O) groups is 1. The van der Waals surface area contributed by atoms with E-state index in [1.165, 1.54) is 16.8 Å². The molecular formula is C14H20N4O4. The number of aromatic nitrogens is 2. The highest BCUT2D eigenvalue weighted by molar-refractivity contribution is 5.75. The quantitative estimate of drug-likeness (QED) is 0.742. The van der Waals surface area contributed by atoms with E-state index >= 15 is 0 Å². The topological polar surface area (TPSA) is 122 Å². The fourth-order valence-corrected chi connectivity index (χ4v) is 1.92. The Balaban J connectivity index is 1.90. The van der Waals surface area contributed by atoms with Crippen LogP contribution in [0, 0.1) is 5.92 Å². The molecule has 0 aliphatic carbocycles. The third-order valence-corrected chi connectivity index (χ3v) is 3.34. The van der Waals surface area contributed by atoms with Crippen molar-refractivity contribution in [3.63, 3.8) is 0 Å². The number of nitrogens with two attached hydrogens (primary N) is 2. The maximum atomic E-state index is 11.7. The lowest BCUT2D eigenvalue weighted by atomic mass is 10.1. The fraction of sp³-hybridized carbons (Fsp3) is 0.500. The van der Waals surface area contributed by atoms with Gasteiger partial charge in [0.05, 0.1) is 0 Å². The number of nitrogens with zero attached hydrogens (tertiary/aromatic N) is 2.